The van der Waals surface area contributed by atoms with Gasteiger partial charge in [-0.05, 0) is 31.0 Å². The van der Waals surface area contributed by atoms with Gasteiger partial charge in [-0.15, -0.1) is 0 Å². The van der Waals surface area contributed by atoms with Crippen LogP contribution in [0.4, 0.5) is 0 Å². The summed E-state index contributed by atoms with van der Waals surface area (Å²) in [5.41, 5.74) is 9.27. The smallest absolute Gasteiger partial charge is 0.122 e. The minimum Gasteiger partial charge on any atom is -0.390 e. The van der Waals surface area contributed by atoms with Crippen LogP contribution in [-0.4, -0.2) is 27.8 Å². The predicted molar refractivity (Wildman–Crippen MR) is 58.6 cm³/mol. The second kappa shape index (κ2) is 6.07. The Bertz CT molecular complexity index is 390. The fraction of sp³-hybridized carbons (Fsp3) is 0.500. The van der Waals surface area contributed by atoms with Crippen LogP contribution in [0.1, 0.15) is 23.9 Å². The molecule has 1 rings (SSSR count). The number of azide groups is 1. The Labute approximate surface area is 93.2 Å². The third kappa shape index (κ3) is 3.51. The van der Waals surface area contributed by atoms with Crippen LogP contribution >= 0.6 is 0 Å². The quantitative estimate of drug-likeness (QED) is 0.448. The summed E-state index contributed by atoms with van der Waals surface area (Å²) in [5, 5.41) is 22.7. The van der Waals surface area contributed by atoms with Crippen molar-refractivity contribution >= 4 is 0 Å². The minimum atomic E-state index is -1.05. The van der Waals surface area contributed by atoms with Gasteiger partial charge in [0.2, 0.25) is 0 Å². The van der Waals surface area contributed by atoms with Gasteiger partial charge in [0.05, 0.1) is 11.8 Å². The van der Waals surface area contributed by atoms with Crippen LogP contribution in [0.5, 0.6) is 0 Å². The largest absolute Gasteiger partial charge is 0.390 e. The molecule has 0 saturated heterocycles. The van der Waals surface area contributed by atoms with Gasteiger partial charge < -0.3 is 10.2 Å². The molecule has 2 atom stereocenters. The summed E-state index contributed by atoms with van der Waals surface area (Å²) >= 11 is 0. The van der Waals surface area contributed by atoms with Gasteiger partial charge in [0.15, 0.2) is 0 Å². The van der Waals surface area contributed by atoms with Crippen molar-refractivity contribution in [3.05, 3.63) is 40.0 Å². The van der Waals surface area contributed by atoms with Crippen molar-refractivity contribution in [3.8, 4) is 0 Å². The molecule has 0 amide bonds. The molecule has 0 spiro atoms. The molecule has 6 nitrogen and oxygen atoms in total. The zero-order valence-corrected chi connectivity index (χ0v) is 8.98. The maximum Gasteiger partial charge on any atom is 0.122 e. The lowest BCUT2D eigenvalue weighted by molar-refractivity contribution is 0.0124. The Morgan fingerprint density at radius 3 is 2.88 bits per heavy atom. The lowest BCUT2D eigenvalue weighted by Crippen LogP contribution is -2.20. The number of pyridine rings is 1. The number of hydrogen-bond acceptors (Lipinski definition) is 4. The molecular weight excluding hydrogens is 208 g/mol. The summed E-state index contributed by atoms with van der Waals surface area (Å²) < 4.78 is 0. The molecule has 0 fully saturated rings. The topological polar surface area (TPSA) is 102 Å². The van der Waals surface area contributed by atoms with Gasteiger partial charge >= 0.3 is 0 Å². The summed E-state index contributed by atoms with van der Waals surface area (Å²) in [7, 11) is 0. The van der Waals surface area contributed by atoms with Crippen LogP contribution in [-0.2, 0) is 0 Å². The van der Waals surface area contributed by atoms with E-state index < -0.39 is 12.2 Å². The van der Waals surface area contributed by atoms with E-state index in [2.05, 4.69) is 15.0 Å². The molecule has 2 unspecified atom stereocenters. The van der Waals surface area contributed by atoms with Crippen molar-refractivity contribution in [1.29, 1.82) is 0 Å². The molecule has 1 aromatic rings. The van der Waals surface area contributed by atoms with Gasteiger partial charge in [-0.2, -0.15) is 0 Å². The maximum atomic E-state index is 9.77. The Hall–Kier alpha value is -1.62. The number of aliphatic hydroxyl groups excluding tert-OH is 2. The number of aromatic nitrogens is 1. The summed E-state index contributed by atoms with van der Waals surface area (Å²) in [5.74, 6) is 0. The normalized spacial score (nSPS) is 13.9. The number of aryl methyl sites for hydroxylation is 1. The van der Waals surface area contributed by atoms with E-state index in [4.69, 9.17) is 5.53 Å². The van der Waals surface area contributed by atoms with Crippen molar-refractivity contribution < 1.29 is 10.2 Å². The lowest BCUT2D eigenvalue weighted by Gasteiger charge is -2.16. The highest BCUT2D eigenvalue weighted by molar-refractivity contribution is 5.13. The van der Waals surface area contributed by atoms with Crippen LogP contribution in [0.2, 0.25) is 0 Å². The monoisotopic (exact) mass is 222 g/mol. The zero-order chi connectivity index (χ0) is 12.0. The highest BCUT2D eigenvalue weighted by Gasteiger charge is 2.18. The Kier molecular flexibility index (Phi) is 4.72. The molecule has 0 aromatic carbocycles. The number of nitrogens with zero attached hydrogens (tertiary/aromatic N) is 4. The van der Waals surface area contributed by atoms with E-state index in [1.165, 1.54) is 0 Å². The van der Waals surface area contributed by atoms with Crippen molar-refractivity contribution in [2.75, 3.05) is 6.54 Å². The van der Waals surface area contributed by atoms with E-state index in [-0.39, 0.29) is 13.0 Å². The molecule has 0 bridgehead atoms. The molecule has 0 aliphatic rings. The van der Waals surface area contributed by atoms with Crippen molar-refractivity contribution in [3.63, 3.8) is 0 Å². The van der Waals surface area contributed by atoms with Crippen LogP contribution < -0.4 is 0 Å². The van der Waals surface area contributed by atoms with Gasteiger partial charge in [0.25, 0.3) is 0 Å². The van der Waals surface area contributed by atoms with E-state index in [0.29, 0.717) is 5.69 Å². The van der Waals surface area contributed by atoms with E-state index >= 15 is 0 Å². The van der Waals surface area contributed by atoms with Crippen LogP contribution in [0.15, 0.2) is 23.3 Å². The molecule has 2 N–H and O–H groups in total. The Morgan fingerprint density at radius 2 is 2.25 bits per heavy atom. The second-order valence-corrected chi connectivity index (χ2v) is 3.46. The van der Waals surface area contributed by atoms with Crippen molar-refractivity contribution in [2.45, 2.75) is 25.6 Å². The predicted octanol–water partition coefficient (Wildman–Crippen LogP) is 1.48. The number of aliphatic hydroxyl groups is 2. The first-order valence-electron chi connectivity index (χ1n) is 4.95. The highest BCUT2D eigenvalue weighted by Crippen LogP contribution is 2.17. The molecule has 1 heterocycles. The van der Waals surface area contributed by atoms with Gasteiger partial charge in [-0.3, -0.25) is 4.98 Å². The minimum absolute atomic E-state index is 0.153. The van der Waals surface area contributed by atoms with E-state index in [9.17, 15) is 10.2 Å². The molecular formula is C10H14N4O2. The van der Waals surface area contributed by atoms with Gasteiger partial charge in [-0.25, -0.2) is 0 Å². The first-order chi connectivity index (χ1) is 7.65. The molecule has 16 heavy (non-hydrogen) atoms. The Balaban J connectivity index is 2.62. The molecule has 6 heteroatoms. The number of rotatable bonds is 5. The fourth-order valence-corrected chi connectivity index (χ4v) is 1.32. The molecule has 0 aliphatic carbocycles. The van der Waals surface area contributed by atoms with Gasteiger partial charge in [-0.1, -0.05) is 11.2 Å². The van der Waals surface area contributed by atoms with Crippen molar-refractivity contribution in [2.24, 2.45) is 5.11 Å². The van der Waals surface area contributed by atoms with Crippen LogP contribution in [0.3, 0.4) is 0 Å². The first-order valence-corrected chi connectivity index (χ1v) is 4.95. The maximum absolute atomic E-state index is 9.77. The summed E-state index contributed by atoms with van der Waals surface area (Å²) in [6.45, 7) is 1.96. The summed E-state index contributed by atoms with van der Waals surface area (Å²) in [6.07, 6.45) is -1.81. The molecule has 0 radical (unpaired) electrons. The average Bonchev–Trinajstić information content (AvgIpc) is 2.28. The standard InChI is InChI=1S/C10H14N4O2/c1-7-3-2-4-8(13-7)10(16)9(15)5-6-12-14-11/h2-4,9-10,15-16H,5-6H2,1H3. The summed E-state index contributed by atoms with van der Waals surface area (Å²) in [4.78, 5) is 6.68. The van der Waals surface area contributed by atoms with E-state index in [1.54, 1.807) is 12.1 Å². The van der Waals surface area contributed by atoms with Crippen LogP contribution in [0, 0.1) is 6.92 Å². The van der Waals surface area contributed by atoms with E-state index in [1.807, 2.05) is 13.0 Å². The Morgan fingerprint density at radius 1 is 1.50 bits per heavy atom. The van der Waals surface area contributed by atoms with Gasteiger partial charge in [0.1, 0.15) is 6.10 Å². The van der Waals surface area contributed by atoms with Gasteiger partial charge in [0, 0.05) is 17.2 Å². The second-order valence-electron chi connectivity index (χ2n) is 3.46. The average molecular weight is 222 g/mol. The summed E-state index contributed by atoms with van der Waals surface area (Å²) in [6, 6.07) is 5.22. The van der Waals surface area contributed by atoms with Crippen molar-refractivity contribution in [1.82, 2.24) is 4.98 Å². The van der Waals surface area contributed by atoms with Crippen LogP contribution in [0.25, 0.3) is 10.4 Å². The third-order valence-electron chi connectivity index (χ3n) is 2.17. The third-order valence-corrected chi connectivity index (χ3v) is 2.17. The number of hydrogen-bond donors (Lipinski definition) is 2. The first kappa shape index (κ1) is 12.4. The molecule has 1 aromatic heterocycles. The highest BCUT2D eigenvalue weighted by atomic mass is 16.3. The molecule has 0 aliphatic heterocycles. The molecule has 86 valence electrons. The lowest BCUT2D eigenvalue weighted by atomic mass is 10.1. The van der Waals surface area contributed by atoms with E-state index in [0.717, 1.165) is 5.69 Å². The SMILES string of the molecule is Cc1cccc(C(O)C(O)CCN=[N+]=[N-])n1. The molecule has 0 saturated carbocycles. The fourth-order valence-electron chi connectivity index (χ4n) is 1.32. The zero-order valence-electron chi connectivity index (χ0n) is 8.98.